The van der Waals surface area contributed by atoms with Gasteiger partial charge in [-0.1, -0.05) is 12.1 Å². The van der Waals surface area contributed by atoms with Crippen molar-refractivity contribution in [1.29, 1.82) is 0 Å². The SMILES string of the molecule is CC(=O)Oc1cccc(-c2csc(N(/N=C/c3ccc4c(c3)OCO4)C(C)=O)n2)c1. The Labute approximate surface area is 176 Å². The summed E-state index contributed by atoms with van der Waals surface area (Å²) in [6.07, 6.45) is 1.56. The van der Waals surface area contributed by atoms with Crippen LogP contribution >= 0.6 is 11.3 Å². The summed E-state index contributed by atoms with van der Waals surface area (Å²) in [6, 6.07) is 12.4. The smallest absolute Gasteiger partial charge is 0.308 e. The van der Waals surface area contributed by atoms with E-state index in [0.717, 1.165) is 11.1 Å². The molecule has 9 heteroatoms. The van der Waals surface area contributed by atoms with Gasteiger partial charge in [0.15, 0.2) is 11.5 Å². The fourth-order valence-corrected chi connectivity index (χ4v) is 3.59. The largest absolute Gasteiger partial charge is 0.454 e. The molecule has 152 valence electrons. The highest BCUT2D eigenvalue weighted by Crippen LogP contribution is 2.32. The van der Waals surface area contributed by atoms with Gasteiger partial charge >= 0.3 is 5.97 Å². The quantitative estimate of drug-likeness (QED) is 0.268. The van der Waals surface area contributed by atoms with Crippen LogP contribution in [0, 0.1) is 0 Å². The number of amides is 1. The van der Waals surface area contributed by atoms with Gasteiger partial charge in [-0.2, -0.15) is 10.1 Å². The number of esters is 1. The van der Waals surface area contributed by atoms with Crippen LogP contribution in [0.25, 0.3) is 11.3 Å². The van der Waals surface area contributed by atoms with Gasteiger partial charge < -0.3 is 14.2 Å². The molecule has 0 saturated heterocycles. The van der Waals surface area contributed by atoms with E-state index in [2.05, 4.69) is 10.1 Å². The lowest BCUT2D eigenvalue weighted by Crippen LogP contribution is -2.22. The summed E-state index contributed by atoms with van der Waals surface area (Å²) >= 11 is 1.28. The Bertz CT molecular complexity index is 1140. The Morgan fingerprint density at radius 2 is 2.00 bits per heavy atom. The summed E-state index contributed by atoms with van der Waals surface area (Å²) in [5.74, 6) is 1.07. The van der Waals surface area contributed by atoms with Crippen LogP contribution in [0.15, 0.2) is 52.9 Å². The summed E-state index contributed by atoms with van der Waals surface area (Å²) in [5.41, 5.74) is 2.17. The van der Waals surface area contributed by atoms with Gasteiger partial charge in [0.25, 0.3) is 0 Å². The molecule has 0 radical (unpaired) electrons. The van der Waals surface area contributed by atoms with Gasteiger partial charge in [-0.3, -0.25) is 9.59 Å². The number of thiazole rings is 1. The van der Waals surface area contributed by atoms with Crippen molar-refractivity contribution in [1.82, 2.24) is 4.98 Å². The number of anilines is 1. The number of nitrogens with zero attached hydrogens (tertiary/aromatic N) is 3. The molecule has 2 heterocycles. The minimum Gasteiger partial charge on any atom is -0.454 e. The van der Waals surface area contributed by atoms with Gasteiger partial charge in [0.1, 0.15) is 5.75 Å². The minimum absolute atomic E-state index is 0.191. The average Bonchev–Trinajstić information content (AvgIpc) is 3.37. The molecule has 4 rings (SSSR count). The fraction of sp³-hybridized carbons (Fsp3) is 0.143. The monoisotopic (exact) mass is 423 g/mol. The van der Waals surface area contributed by atoms with Crippen molar-refractivity contribution in [3.05, 3.63) is 53.4 Å². The average molecular weight is 423 g/mol. The first kappa shape index (κ1) is 19.6. The molecule has 0 unspecified atom stereocenters. The van der Waals surface area contributed by atoms with E-state index in [4.69, 9.17) is 14.2 Å². The summed E-state index contributed by atoms with van der Waals surface area (Å²) < 4.78 is 15.8. The predicted octanol–water partition coefficient (Wildman–Crippen LogP) is 3.85. The van der Waals surface area contributed by atoms with Crippen LogP contribution in [0.5, 0.6) is 17.2 Å². The van der Waals surface area contributed by atoms with E-state index in [1.165, 1.54) is 30.2 Å². The molecular formula is C21H17N3O5S. The molecule has 30 heavy (non-hydrogen) atoms. The van der Waals surface area contributed by atoms with Crippen molar-refractivity contribution in [3.8, 4) is 28.5 Å². The Morgan fingerprint density at radius 3 is 2.80 bits per heavy atom. The third-order valence-electron chi connectivity index (χ3n) is 4.08. The molecule has 0 saturated carbocycles. The Morgan fingerprint density at radius 1 is 1.17 bits per heavy atom. The molecule has 1 amide bonds. The lowest BCUT2D eigenvalue weighted by atomic mass is 10.2. The maximum Gasteiger partial charge on any atom is 0.308 e. The van der Waals surface area contributed by atoms with E-state index in [1.54, 1.807) is 36.5 Å². The highest BCUT2D eigenvalue weighted by Gasteiger charge is 2.17. The third kappa shape index (κ3) is 4.31. The van der Waals surface area contributed by atoms with Gasteiger partial charge in [0.05, 0.1) is 11.9 Å². The van der Waals surface area contributed by atoms with Gasteiger partial charge in [-0.25, -0.2) is 4.98 Å². The Kier molecular flexibility index (Phi) is 5.44. The maximum atomic E-state index is 12.2. The summed E-state index contributed by atoms with van der Waals surface area (Å²) in [6.45, 7) is 2.95. The van der Waals surface area contributed by atoms with E-state index in [9.17, 15) is 9.59 Å². The summed E-state index contributed by atoms with van der Waals surface area (Å²) in [7, 11) is 0. The van der Waals surface area contributed by atoms with Gasteiger partial charge in [0.2, 0.25) is 17.8 Å². The van der Waals surface area contributed by atoms with E-state index < -0.39 is 5.97 Å². The van der Waals surface area contributed by atoms with Crippen LogP contribution < -0.4 is 19.2 Å². The van der Waals surface area contributed by atoms with Crippen molar-refractivity contribution >= 4 is 34.6 Å². The molecular weight excluding hydrogens is 406 g/mol. The van der Waals surface area contributed by atoms with Gasteiger partial charge in [-0.15, -0.1) is 11.3 Å². The Balaban J connectivity index is 1.56. The number of carbonyl (C=O) groups excluding carboxylic acids is 2. The highest BCUT2D eigenvalue weighted by molar-refractivity contribution is 7.14. The third-order valence-corrected chi connectivity index (χ3v) is 4.90. The Hall–Kier alpha value is -3.72. The molecule has 1 aliphatic rings. The van der Waals surface area contributed by atoms with Crippen LogP contribution in [-0.4, -0.2) is 29.9 Å². The van der Waals surface area contributed by atoms with Crippen LogP contribution in [0.3, 0.4) is 0 Å². The van der Waals surface area contributed by atoms with Gasteiger partial charge in [-0.05, 0) is 35.9 Å². The number of rotatable bonds is 5. The maximum absolute atomic E-state index is 12.2. The molecule has 1 aliphatic heterocycles. The molecule has 0 spiro atoms. The summed E-state index contributed by atoms with van der Waals surface area (Å²) in [5, 5.41) is 7.76. The second-order valence-corrected chi connectivity index (χ2v) is 7.16. The number of hydrogen-bond donors (Lipinski definition) is 0. The number of benzene rings is 2. The number of ether oxygens (including phenoxy) is 3. The second-order valence-electron chi connectivity index (χ2n) is 6.32. The lowest BCUT2D eigenvalue weighted by Gasteiger charge is -2.10. The molecule has 8 nitrogen and oxygen atoms in total. The topological polar surface area (TPSA) is 90.3 Å². The van der Waals surface area contributed by atoms with E-state index in [1.807, 2.05) is 17.5 Å². The van der Waals surface area contributed by atoms with Crippen LogP contribution in [0.2, 0.25) is 0 Å². The first-order valence-electron chi connectivity index (χ1n) is 8.98. The molecule has 2 aromatic carbocycles. The number of hydrazone groups is 1. The normalized spacial score (nSPS) is 12.2. The van der Waals surface area contributed by atoms with Crippen LogP contribution in [-0.2, 0) is 9.59 Å². The number of aromatic nitrogens is 1. The molecule has 0 aliphatic carbocycles. The summed E-state index contributed by atoms with van der Waals surface area (Å²) in [4.78, 5) is 27.8. The van der Waals surface area contributed by atoms with Gasteiger partial charge in [0, 0.05) is 24.8 Å². The molecule has 1 aromatic heterocycles. The second kappa shape index (κ2) is 8.34. The lowest BCUT2D eigenvalue weighted by molar-refractivity contribution is -0.131. The molecule has 3 aromatic rings. The first-order chi connectivity index (χ1) is 14.5. The minimum atomic E-state index is -0.397. The number of carbonyl (C=O) groups is 2. The zero-order valence-electron chi connectivity index (χ0n) is 16.2. The molecule has 0 atom stereocenters. The fourth-order valence-electron chi connectivity index (χ4n) is 2.76. The predicted molar refractivity (Wildman–Crippen MR) is 112 cm³/mol. The van der Waals surface area contributed by atoms with Crippen molar-refractivity contribution in [2.75, 3.05) is 11.8 Å². The van der Waals surface area contributed by atoms with Crippen molar-refractivity contribution in [2.45, 2.75) is 13.8 Å². The molecule has 0 bridgehead atoms. The molecule has 0 fully saturated rings. The van der Waals surface area contributed by atoms with Crippen molar-refractivity contribution in [3.63, 3.8) is 0 Å². The highest BCUT2D eigenvalue weighted by atomic mass is 32.1. The first-order valence-corrected chi connectivity index (χ1v) is 9.86. The number of fused-ring (bicyclic) bond motifs is 1. The van der Waals surface area contributed by atoms with E-state index in [-0.39, 0.29) is 12.7 Å². The molecule has 0 N–H and O–H groups in total. The van der Waals surface area contributed by atoms with Crippen molar-refractivity contribution < 1.29 is 23.8 Å². The zero-order chi connectivity index (χ0) is 21.1. The standard InChI is InChI=1S/C21H17N3O5S/c1-13(25)24(22-10-15-6-7-19-20(8-15)28-12-27-19)21-23-18(11-30-21)16-4-3-5-17(9-16)29-14(2)26/h3-11H,12H2,1-2H3/b22-10+. The van der Waals surface area contributed by atoms with E-state index in [0.29, 0.717) is 28.1 Å². The van der Waals surface area contributed by atoms with Crippen LogP contribution in [0.4, 0.5) is 5.13 Å². The zero-order valence-corrected chi connectivity index (χ0v) is 17.0. The van der Waals surface area contributed by atoms with Crippen LogP contribution in [0.1, 0.15) is 19.4 Å². The van der Waals surface area contributed by atoms with E-state index >= 15 is 0 Å². The number of hydrogen-bond acceptors (Lipinski definition) is 8. The van der Waals surface area contributed by atoms with Crippen molar-refractivity contribution in [2.24, 2.45) is 5.10 Å².